The first-order valence-corrected chi connectivity index (χ1v) is 7.33. The van der Waals surface area contributed by atoms with Crippen molar-refractivity contribution in [2.75, 3.05) is 13.1 Å². The van der Waals surface area contributed by atoms with Crippen molar-refractivity contribution < 1.29 is 4.79 Å². The van der Waals surface area contributed by atoms with Crippen LogP contribution in [-0.2, 0) is 4.79 Å². The predicted octanol–water partition coefficient (Wildman–Crippen LogP) is 2.54. The molecule has 0 radical (unpaired) electrons. The van der Waals surface area contributed by atoms with Gasteiger partial charge in [0.15, 0.2) is 5.17 Å². The van der Waals surface area contributed by atoms with Gasteiger partial charge in [0, 0.05) is 19.3 Å². The standard InChI is InChI=1S/C14H15N3OS/c18-13-12(10-11-6-2-3-7-15-11)19-14(16-13)17-8-4-1-5-9-17/h2-3,6-7,10H,1,4-5,8-9H2/b12-10-. The summed E-state index contributed by atoms with van der Waals surface area (Å²) in [6.07, 6.45) is 7.19. The highest BCUT2D eigenvalue weighted by Crippen LogP contribution is 2.30. The summed E-state index contributed by atoms with van der Waals surface area (Å²) < 4.78 is 0. The monoisotopic (exact) mass is 273 g/mol. The van der Waals surface area contributed by atoms with Crippen LogP contribution in [0.1, 0.15) is 25.0 Å². The van der Waals surface area contributed by atoms with Gasteiger partial charge in [-0.2, -0.15) is 4.99 Å². The summed E-state index contributed by atoms with van der Waals surface area (Å²) in [5.74, 6) is -0.142. The molecule has 0 spiro atoms. The molecule has 1 aromatic rings. The fourth-order valence-electron chi connectivity index (χ4n) is 2.21. The summed E-state index contributed by atoms with van der Waals surface area (Å²) in [6.45, 7) is 2.02. The van der Waals surface area contributed by atoms with E-state index in [1.165, 1.54) is 31.0 Å². The van der Waals surface area contributed by atoms with Gasteiger partial charge in [0.05, 0.1) is 10.6 Å². The molecule has 0 bridgehead atoms. The third-order valence-electron chi connectivity index (χ3n) is 3.20. The lowest BCUT2D eigenvalue weighted by Crippen LogP contribution is -2.33. The Kier molecular flexibility index (Phi) is 3.64. The van der Waals surface area contributed by atoms with Crippen LogP contribution in [0.15, 0.2) is 34.3 Å². The number of carbonyl (C=O) groups is 1. The lowest BCUT2D eigenvalue weighted by Gasteiger charge is -2.27. The van der Waals surface area contributed by atoms with E-state index in [0.717, 1.165) is 24.0 Å². The van der Waals surface area contributed by atoms with Crippen molar-refractivity contribution in [1.82, 2.24) is 9.88 Å². The Labute approximate surface area is 116 Å². The molecule has 2 aliphatic rings. The predicted molar refractivity (Wildman–Crippen MR) is 77.7 cm³/mol. The first kappa shape index (κ1) is 12.4. The Bertz CT molecular complexity index is 533. The van der Waals surface area contributed by atoms with E-state index in [2.05, 4.69) is 14.9 Å². The van der Waals surface area contributed by atoms with E-state index in [9.17, 15) is 4.79 Å². The maximum Gasteiger partial charge on any atom is 0.286 e. The second kappa shape index (κ2) is 5.57. The fraction of sp³-hybridized carbons (Fsp3) is 0.357. The molecular weight excluding hydrogens is 258 g/mol. The number of carbonyl (C=O) groups excluding carboxylic acids is 1. The Balaban J connectivity index is 1.74. The molecule has 1 fully saturated rings. The molecule has 3 heterocycles. The number of piperidine rings is 1. The molecule has 0 atom stereocenters. The number of rotatable bonds is 1. The van der Waals surface area contributed by atoms with Crippen LogP contribution >= 0.6 is 11.8 Å². The molecule has 0 saturated carbocycles. The highest BCUT2D eigenvalue weighted by Gasteiger charge is 2.26. The average Bonchev–Trinajstić information content (AvgIpc) is 2.82. The highest BCUT2D eigenvalue weighted by atomic mass is 32.2. The van der Waals surface area contributed by atoms with Crippen molar-refractivity contribution >= 4 is 28.9 Å². The van der Waals surface area contributed by atoms with Crippen molar-refractivity contribution in [3.63, 3.8) is 0 Å². The molecule has 0 aliphatic carbocycles. The summed E-state index contributed by atoms with van der Waals surface area (Å²) in [4.78, 5) is 23.1. The Hall–Kier alpha value is -1.62. The minimum Gasteiger partial charge on any atom is -0.351 e. The Morgan fingerprint density at radius 2 is 2.05 bits per heavy atom. The van der Waals surface area contributed by atoms with Crippen LogP contribution < -0.4 is 0 Å². The topological polar surface area (TPSA) is 45.6 Å². The molecule has 2 aliphatic heterocycles. The van der Waals surface area contributed by atoms with Crippen LogP contribution in [0.2, 0.25) is 0 Å². The zero-order valence-corrected chi connectivity index (χ0v) is 11.4. The number of thioether (sulfide) groups is 1. The fourth-order valence-corrected chi connectivity index (χ4v) is 3.16. The molecule has 0 N–H and O–H groups in total. The second-order valence-corrected chi connectivity index (χ2v) is 5.62. The van der Waals surface area contributed by atoms with Gasteiger partial charge >= 0.3 is 0 Å². The van der Waals surface area contributed by atoms with Gasteiger partial charge in [0.25, 0.3) is 5.91 Å². The number of amides is 1. The maximum absolute atomic E-state index is 11.9. The van der Waals surface area contributed by atoms with Crippen molar-refractivity contribution in [2.45, 2.75) is 19.3 Å². The van der Waals surface area contributed by atoms with E-state index in [-0.39, 0.29) is 5.91 Å². The summed E-state index contributed by atoms with van der Waals surface area (Å²) in [5.41, 5.74) is 0.799. The van der Waals surface area contributed by atoms with Gasteiger partial charge in [-0.15, -0.1) is 0 Å². The molecule has 1 aromatic heterocycles. The number of likely N-dealkylation sites (tertiary alicyclic amines) is 1. The number of nitrogens with zero attached hydrogens (tertiary/aromatic N) is 3. The third kappa shape index (κ3) is 2.87. The van der Waals surface area contributed by atoms with Crippen molar-refractivity contribution in [1.29, 1.82) is 0 Å². The minimum atomic E-state index is -0.142. The molecule has 19 heavy (non-hydrogen) atoms. The first-order valence-electron chi connectivity index (χ1n) is 6.51. The average molecular weight is 273 g/mol. The van der Waals surface area contributed by atoms with Gasteiger partial charge in [-0.3, -0.25) is 9.78 Å². The van der Waals surface area contributed by atoms with Crippen LogP contribution in [0.25, 0.3) is 6.08 Å². The zero-order chi connectivity index (χ0) is 13.1. The maximum atomic E-state index is 11.9. The van der Waals surface area contributed by atoms with Gasteiger partial charge in [-0.25, -0.2) is 0 Å². The summed E-state index contributed by atoms with van der Waals surface area (Å²) >= 11 is 1.47. The lowest BCUT2D eigenvalue weighted by atomic mass is 10.1. The quantitative estimate of drug-likeness (QED) is 0.738. The van der Waals surface area contributed by atoms with E-state index in [4.69, 9.17) is 0 Å². The summed E-state index contributed by atoms with van der Waals surface area (Å²) in [5, 5.41) is 0.854. The van der Waals surface area contributed by atoms with Crippen molar-refractivity contribution in [2.24, 2.45) is 4.99 Å². The van der Waals surface area contributed by atoms with Crippen LogP contribution in [0, 0.1) is 0 Å². The largest absolute Gasteiger partial charge is 0.351 e. The van der Waals surface area contributed by atoms with E-state index in [0.29, 0.717) is 4.91 Å². The number of amidine groups is 1. The summed E-state index contributed by atoms with van der Waals surface area (Å²) in [7, 11) is 0. The van der Waals surface area contributed by atoms with Crippen LogP contribution in [0.3, 0.4) is 0 Å². The summed E-state index contributed by atoms with van der Waals surface area (Å²) in [6, 6.07) is 5.66. The van der Waals surface area contributed by atoms with Gasteiger partial charge < -0.3 is 4.90 Å². The van der Waals surface area contributed by atoms with E-state index in [1.807, 2.05) is 24.3 Å². The third-order valence-corrected chi connectivity index (χ3v) is 4.25. The van der Waals surface area contributed by atoms with Gasteiger partial charge in [0.1, 0.15) is 0 Å². The van der Waals surface area contributed by atoms with Crippen LogP contribution in [0.4, 0.5) is 0 Å². The number of hydrogen-bond donors (Lipinski definition) is 0. The second-order valence-electron chi connectivity index (χ2n) is 4.61. The van der Waals surface area contributed by atoms with Crippen LogP contribution in [-0.4, -0.2) is 34.0 Å². The molecule has 98 valence electrons. The molecular formula is C14H15N3OS. The van der Waals surface area contributed by atoms with E-state index in [1.54, 1.807) is 6.20 Å². The van der Waals surface area contributed by atoms with Gasteiger partial charge in [0.2, 0.25) is 0 Å². The van der Waals surface area contributed by atoms with Crippen molar-refractivity contribution in [3.05, 3.63) is 35.0 Å². The highest BCUT2D eigenvalue weighted by molar-refractivity contribution is 8.18. The number of aliphatic imine (C=N–C) groups is 1. The van der Waals surface area contributed by atoms with Crippen LogP contribution in [0.5, 0.6) is 0 Å². The zero-order valence-electron chi connectivity index (χ0n) is 10.6. The smallest absolute Gasteiger partial charge is 0.286 e. The van der Waals surface area contributed by atoms with Gasteiger partial charge in [-0.1, -0.05) is 6.07 Å². The molecule has 1 amide bonds. The normalized spacial score (nSPS) is 21.9. The SMILES string of the molecule is O=C1N=C(N2CCCCC2)S/C1=C\c1ccccn1. The number of hydrogen-bond acceptors (Lipinski definition) is 4. The lowest BCUT2D eigenvalue weighted by molar-refractivity contribution is -0.113. The molecule has 3 rings (SSSR count). The molecule has 4 nitrogen and oxygen atoms in total. The molecule has 0 unspecified atom stereocenters. The molecule has 5 heteroatoms. The minimum absolute atomic E-state index is 0.142. The van der Waals surface area contributed by atoms with Gasteiger partial charge in [-0.05, 0) is 49.2 Å². The Morgan fingerprint density at radius 3 is 2.79 bits per heavy atom. The molecule has 0 aromatic carbocycles. The molecule has 1 saturated heterocycles. The first-order chi connectivity index (χ1) is 9.33. The van der Waals surface area contributed by atoms with E-state index < -0.39 is 0 Å². The van der Waals surface area contributed by atoms with Crippen molar-refractivity contribution in [3.8, 4) is 0 Å². The van der Waals surface area contributed by atoms with E-state index >= 15 is 0 Å². The number of aromatic nitrogens is 1. The Morgan fingerprint density at radius 1 is 1.21 bits per heavy atom. The number of pyridine rings is 1.